The van der Waals surface area contributed by atoms with Crippen LogP contribution in [-0.4, -0.2) is 0 Å². The zero-order chi connectivity index (χ0) is 0. The Bertz CT molecular complexity index is 0. The molecule has 0 nitrogen and oxygen atoms in total. The van der Waals surface area contributed by atoms with Crippen LogP contribution in [0.3, 0.4) is 0 Å². The summed E-state index contributed by atoms with van der Waals surface area (Å²) in [6.45, 7) is 0. The van der Waals surface area contributed by atoms with E-state index in [1.165, 1.54) is 0 Å². The van der Waals surface area contributed by atoms with Crippen molar-refractivity contribution < 1.29 is 85.3 Å². The van der Waals surface area contributed by atoms with Gasteiger partial charge in [0.1, 0.15) is 0 Å². The van der Waals surface area contributed by atoms with Gasteiger partial charge in [-0.2, -0.15) is 0 Å². The first kappa shape index (κ1) is 49.0. The van der Waals surface area contributed by atoms with Gasteiger partial charge in [0.25, 0.3) is 0 Å². The van der Waals surface area contributed by atoms with E-state index in [-0.39, 0.29) is 85.3 Å². The van der Waals surface area contributed by atoms with Gasteiger partial charge in [0.2, 0.25) is 0 Å². The monoisotopic (exact) mass is 280 g/mol. The summed E-state index contributed by atoms with van der Waals surface area (Å²) in [5, 5.41) is 0. The fourth-order valence-electron chi connectivity index (χ4n) is 0. The normalized spacial score (nSPS) is 0. The Morgan fingerprint density at radius 1 is 0.200 bits per heavy atom. The van der Waals surface area contributed by atoms with Crippen molar-refractivity contribution in [1.82, 2.24) is 0 Å². The van der Waals surface area contributed by atoms with E-state index in [4.69, 9.17) is 0 Å². The molecule has 0 saturated carbocycles. The van der Waals surface area contributed by atoms with Gasteiger partial charge in [-0.3, -0.25) is 0 Å². The molecule has 0 bridgehead atoms. The molecule has 0 aromatic carbocycles. The van der Waals surface area contributed by atoms with Gasteiger partial charge in [-0.05, 0) is 0 Å². The summed E-state index contributed by atoms with van der Waals surface area (Å²) in [4.78, 5) is 0. The molecular weight excluding hydrogens is 279 g/mol. The average Bonchev–Trinajstić information content (AvgIpc) is 0. The van der Waals surface area contributed by atoms with Gasteiger partial charge in [-0.1, -0.05) is 0 Å². The summed E-state index contributed by atoms with van der Waals surface area (Å²) in [5.41, 5.74) is 0. The maximum absolute atomic E-state index is 0. The Labute approximate surface area is 84.3 Å². The Balaban J connectivity index is 0. The van der Waals surface area contributed by atoms with E-state index in [1.807, 2.05) is 0 Å². The van der Waals surface area contributed by atoms with E-state index in [2.05, 4.69) is 0 Å². The minimum absolute atomic E-state index is 0. The minimum atomic E-state index is 0. The Morgan fingerprint density at radius 2 is 0.200 bits per heavy atom. The molecule has 0 spiro atoms. The molecule has 0 atom stereocenters. The fraction of sp³-hybridized carbons (Fsp3) is 0. The number of rotatable bonds is 0. The number of hydrogen-bond acceptors (Lipinski definition) is 0. The summed E-state index contributed by atoms with van der Waals surface area (Å²) < 4.78 is 0. The van der Waals surface area contributed by atoms with Crippen LogP contribution in [0, 0.1) is 0 Å². The van der Waals surface area contributed by atoms with Crippen molar-refractivity contribution in [2.24, 2.45) is 0 Å². The van der Waals surface area contributed by atoms with Gasteiger partial charge in [0.15, 0.2) is 0 Å². The second kappa shape index (κ2) is 30.6. The topological polar surface area (TPSA) is 0 Å². The first-order valence-electron chi connectivity index (χ1n) is 0. The maximum Gasteiger partial charge on any atom is 0 e. The third-order valence-corrected chi connectivity index (χ3v) is 0. The van der Waals surface area contributed by atoms with Crippen molar-refractivity contribution in [3.05, 3.63) is 0 Å². The van der Waals surface area contributed by atoms with E-state index in [1.54, 1.807) is 0 Å². The molecule has 0 aliphatic carbocycles. The molecule has 0 aliphatic heterocycles. The standard InChI is InChI=1S/5Fe. The van der Waals surface area contributed by atoms with E-state index >= 15 is 0 Å². The predicted octanol–water partition coefficient (Wildman–Crippen LogP) is -0.0125. The van der Waals surface area contributed by atoms with Gasteiger partial charge in [0.05, 0.1) is 0 Å². The maximum atomic E-state index is 0. The number of hydrogen-bond donors (Lipinski definition) is 0. The first-order chi connectivity index (χ1) is 0. The smallest absolute Gasteiger partial charge is 0 e. The van der Waals surface area contributed by atoms with E-state index < -0.39 is 0 Å². The van der Waals surface area contributed by atoms with Crippen molar-refractivity contribution in [3.8, 4) is 0 Å². The minimum Gasteiger partial charge on any atom is 0 e. The molecule has 0 saturated heterocycles. The van der Waals surface area contributed by atoms with Crippen molar-refractivity contribution in [2.75, 3.05) is 0 Å². The van der Waals surface area contributed by atoms with Crippen molar-refractivity contribution in [3.63, 3.8) is 0 Å². The van der Waals surface area contributed by atoms with Crippen LogP contribution in [0.4, 0.5) is 0 Å². The first-order valence-corrected chi connectivity index (χ1v) is 0. The SMILES string of the molecule is [Fe].[Fe].[Fe].[Fe].[Fe]. The second-order valence-electron chi connectivity index (χ2n) is 0. The van der Waals surface area contributed by atoms with Gasteiger partial charge in [-0.15, -0.1) is 0 Å². The van der Waals surface area contributed by atoms with E-state index in [0.717, 1.165) is 0 Å². The summed E-state index contributed by atoms with van der Waals surface area (Å²) >= 11 is 0. The molecule has 5 heteroatoms. The fourth-order valence-corrected chi connectivity index (χ4v) is 0. The van der Waals surface area contributed by atoms with E-state index in [0.29, 0.717) is 0 Å². The van der Waals surface area contributed by atoms with Crippen molar-refractivity contribution in [1.29, 1.82) is 0 Å². The Hall–Kier alpha value is 2.60. The van der Waals surface area contributed by atoms with Crippen molar-refractivity contribution in [2.45, 2.75) is 0 Å². The van der Waals surface area contributed by atoms with Crippen LogP contribution in [-0.2, 0) is 85.3 Å². The molecule has 0 unspecified atom stereocenters. The molecule has 0 heterocycles. The molecule has 0 rings (SSSR count). The molecule has 0 aromatic rings. The largest absolute Gasteiger partial charge is 0 e. The molecule has 5 heavy (non-hydrogen) atoms. The molecule has 0 aromatic heterocycles. The zero-order valence-corrected chi connectivity index (χ0v) is 7.29. The molecule has 40 valence electrons. The average molecular weight is 279 g/mol. The van der Waals surface area contributed by atoms with Crippen LogP contribution in [0.25, 0.3) is 0 Å². The van der Waals surface area contributed by atoms with Gasteiger partial charge < -0.3 is 0 Å². The summed E-state index contributed by atoms with van der Waals surface area (Å²) in [7, 11) is 0. The van der Waals surface area contributed by atoms with E-state index in [9.17, 15) is 0 Å². The van der Waals surface area contributed by atoms with Gasteiger partial charge in [-0.25, -0.2) is 0 Å². The molecule has 0 N–H and O–H groups in total. The summed E-state index contributed by atoms with van der Waals surface area (Å²) in [6.07, 6.45) is 0. The van der Waals surface area contributed by atoms with Crippen LogP contribution < -0.4 is 0 Å². The van der Waals surface area contributed by atoms with Crippen LogP contribution >= 0.6 is 0 Å². The molecule has 0 radical (unpaired) electrons. The third-order valence-electron chi connectivity index (χ3n) is 0. The third kappa shape index (κ3) is 20.7. The second-order valence-corrected chi connectivity index (χ2v) is 0. The van der Waals surface area contributed by atoms with Gasteiger partial charge >= 0.3 is 0 Å². The molecular formula is Fe5. The summed E-state index contributed by atoms with van der Waals surface area (Å²) in [6, 6.07) is 0. The van der Waals surface area contributed by atoms with Gasteiger partial charge in [0, 0.05) is 85.3 Å². The zero-order valence-electron chi connectivity index (χ0n) is 1.77. The van der Waals surface area contributed by atoms with Crippen LogP contribution in [0.1, 0.15) is 0 Å². The Kier molecular flexibility index (Phi) is 300. The van der Waals surface area contributed by atoms with Crippen LogP contribution in [0.5, 0.6) is 0 Å². The predicted molar refractivity (Wildman–Crippen MR) is 0 cm³/mol. The molecule has 0 fully saturated rings. The Morgan fingerprint density at radius 3 is 0.200 bits per heavy atom. The van der Waals surface area contributed by atoms with Crippen LogP contribution in [0.15, 0.2) is 0 Å². The quantitative estimate of drug-likeness (QED) is 0.547. The van der Waals surface area contributed by atoms with Crippen LogP contribution in [0.2, 0.25) is 0 Å². The van der Waals surface area contributed by atoms with Crippen molar-refractivity contribution >= 4 is 0 Å². The molecule has 0 aliphatic rings. The molecule has 0 amide bonds. The summed E-state index contributed by atoms with van der Waals surface area (Å²) in [5.74, 6) is 0.